The molecule has 0 radical (unpaired) electrons. The largest absolute Gasteiger partial charge is 0.348 e. The first-order valence-corrected chi connectivity index (χ1v) is 12.8. The predicted molar refractivity (Wildman–Crippen MR) is 114 cm³/mol. The Morgan fingerprint density at radius 1 is 0.966 bits per heavy atom. The Balaban J connectivity index is 2.26. The highest BCUT2D eigenvalue weighted by Gasteiger charge is 2.32. The molecule has 29 heavy (non-hydrogen) atoms. The average Bonchev–Trinajstić information content (AvgIpc) is 2.64. The quantitative estimate of drug-likeness (QED) is 0.682. The van der Waals surface area contributed by atoms with Crippen molar-refractivity contribution >= 4 is 31.5 Å². The van der Waals surface area contributed by atoms with E-state index < -0.39 is 37.9 Å². The van der Waals surface area contributed by atoms with Crippen molar-refractivity contribution in [1.29, 1.82) is 0 Å². The summed E-state index contributed by atoms with van der Waals surface area (Å²) in [6, 6.07) is 13.4. The Bertz CT molecular complexity index is 1050. The molecule has 0 aromatic heterocycles. The first-order chi connectivity index (χ1) is 13.4. The summed E-state index contributed by atoms with van der Waals surface area (Å²) in [7, 11) is -7.00. The van der Waals surface area contributed by atoms with E-state index in [2.05, 4.69) is 5.32 Å². The molecule has 2 aromatic rings. The van der Waals surface area contributed by atoms with Crippen LogP contribution >= 0.6 is 0 Å². The van der Waals surface area contributed by atoms with Gasteiger partial charge in [-0.1, -0.05) is 37.3 Å². The molecular formula is C20H26N2O5S2. The van der Waals surface area contributed by atoms with Crippen LogP contribution in [0.4, 0.5) is 5.69 Å². The SMILES string of the molecule is CC[C@H](C(=O)N[C@@H](C)c1ccc(S(C)(=O)=O)cc1)N(c1ccccc1)S(C)(=O)=O. The number of para-hydroxylation sites is 1. The van der Waals surface area contributed by atoms with Crippen LogP contribution in [0, 0.1) is 0 Å². The van der Waals surface area contributed by atoms with Crippen LogP contribution in [0.15, 0.2) is 59.5 Å². The van der Waals surface area contributed by atoms with Gasteiger partial charge in [-0.25, -0.2) is 16.8 Å². The number of rotatable bonds is 8. The third kappa shape index (κ3) is 5.80. The summed E-state index contributed by atoms with van der Waals surface area (Å²) >= 11 is 0. The van der Waals surface area contributed by atoms with Crippen LogP contribution in [0.3, 0.4) is 0 Å². The molecule has 0 aliphatic rings. The molecule has 0 unspecified atom stereocenters. The number of amides is 1. The number of hydrogen-bond donors (Lipinski definition) is 1. The average molecular weight is 439 g/mol. The molecule has 7 nitrogen and oxygen atoms in total. The van der Waals surface area contributed by atoms with E-state index in [-0.39, 0.29) is 11.3 Å². The molecular weight excluding hydrogens is 412 g/mol. The van der Waals surface area contributed by atoms with E-state index in [9.17, 15) is 21.6 Å². The summed E-state index contributed by atoms with van der Waals surface area (Å²) in [5, 5.41) is 2.83. The molecule has 0 spiro atoms. The van der Waals surface area contributed by atoms with Crippen molar-refractivity contribution in [3.05, 3.63) is 60.2 Å². The number of carbonyl (C=O) groups excluding carboxylic acids is 1. The minimum Gasteiger partial charge on any atom is -0.348 e. The monoisotopic (exact) mass is 438 g/mol. The Morgan fingerprint density at radius 3 is 1.97 bits per heavy atom. The van der Waals surface area contributed by atoms with Crippen LogP contribution < -0.4 is 9.62 Å². The standard InChI is InChI=1S/C20H26N2O5S2/c1-5-19(22(29(4,26)27)17-9-7-6-8-10-17)20(23)21-15(2)16-11-13-18(14-12-16)28(3,24)25/h6-15,19H,5H2,1-4H3,(H,21,23)/t15-,19+/m0/s1. The highest BCUT2D eigenvalue weighted by atomic mass is 32.2. The Labute approximate surface area is 172 Å². The van der Waals surface area contributed by atoms with Gasteiger partial charge in [0.15, 0.2) is 9.84 Å². The van der Waals surface area contributed by atoms with Gasteiger partial charge in [-0.05, 0) is 43.2 Å². The summed E-state index contributed by atoms with van der Waals surface area (Å²) in [5.74, 6) is -0.429. The zero-order valence-electron chi connectivity index (χ0n) is 16.9. The lowest BCUT2D eigenvalue weighted by molar-refractivity contribution is -0.122. The van der Waals surface area contributed by atoms with Gasteiger partial charge in [0.1, 0.15) is 6.04 Å². The van der Waals surface area contributed by atoms with Crippen molar-refractivity contribution in [1.82, 2.24) is 5.32 Å². The second-order valence-electron chi connectivity index (χ2n) is 6.89. The number of nitrogens with zero attached hydrogens (tertiary/aromatic N) is 1. The number of carbonyl (C=O) groups is 1. The maximum atomic E-state index is 12.9. The second-order valence-corrected chi connectivity index (χ2v) is 10.8. The van der Waals surface area contributed by atoms with Gasteiger partial charge in [0.25, 0.3) is 0 Å². The molecule has 1 N–H and O–H groups in total. The first kappa shape index (κ1) is 22.9. The molecule has 0 heterocycles. The second kappa shape index (κ2) is 8.96. The number of nitrogens with one attached hydrogen (secondary N) is 1. The molecule has 0 fully saturated rings. The molecule has 158 valence electrons. The van der Waals surface area contributed by atoms with Crippen molar-refractivity contribution < 1.29 is 21.6 Å². The van der Waals surface area contributed by atoms with Crippen LogP contribution in [0.25, 0.3) is 0 Å². The van der Waals surface area contributed by atoms with Gasteiger partial charge in [-0.2, -0.15) is 0 Å². The Morgan fingerprint density at radius 2 is 1.52 bits per heavy atom. The summed E-state index contributed by atoms with van der Waals surface area (Å²) in [6.07, 6.45) is 2.49. The van der Waals surface area contributed by atoms with E-state index in [4.69, 9.17) is 0 Å². The summed E-state index contributed by atoms with van der Waals surface area (Å²) in [6.45, 7) is 3.50. The van der Waals surface area contributed by atoms with Crippen molar-refractivity contribution in [2.75, 3.05) is 16.8 Å². The van der Waals surface area contributed by atoms with Gasteiger partial charge in [-0.3, -0.25) is 9.10 Å². The van der Waals surface area contributed by atoms with Gasteiger partial charge in [0.05, 0.1) is 22.9 Å². The van der Waals surface area contributed by atoms with E-state index >= 15 is 0 Å². The fraction of sp³-hybridized carbons (Fsp3) is 0.350. The van der Waals surface area contributed by atoms with E-state index in [0.29, 0.717) is 11.3 Å². The zero-order valence-corrected chi connectivity index (χ0v) is 18.5. The lowest BCUT2D eigenvalue weighted by Crippen LogP contribution is -2.49. The fourth-order valence-corrected chi connectivity index (χ4v) is 4.87. The van der Waals surface area contributed by atoms with Gasteiger partial charge in [0.2, 0.25) is 15.9 Å². The third-order valence-corrected chi connectivity index (χ3v) is 6.82. The minimum atomic E-state index is -3.69. The molecule has 2 aromatic carbocycles. The van der Waals surface area contributed by atoms with Crippen LogP contribution in [0.1, 0.15) is 31.9 Å². The van der Waals surface area contributed by atoms with Crippen LogP contribution in [0.5, 0.6) is 0 Å². The van der Waals surface area contributed by atoms with Crippen LogP contribution in [-0.2, 0) is 24.7 Å². The van der Waals surface area contributed by atoms with Crippen molar-refractivity contribution in [2.24, 2.45) is 0 Å². The highest BCUT2D eigenvalue weighted by Crippen LogP contribution is 2.23. The zero-order chi connectivity index (χ0) is 21.8. The number of sulfonamides is 1. The summed E-state index contributed by atoms with van der Waals surface area (Å²) in [4.78, 5) is 13.1. The van der Waals surface area contributed by atoms with Crippen molar-refractivity contribution in [3.8, 4) is 0 Å². The normalized spacial score (nSPS) is 14.1. The topological polar surface area (TPSA) is 101 Å². The maximum absolute atomic E-state index is 12.9. The minimum absolute atomic E-state index is 0.193. The van der Waals surface area contributed by atoms with Crippen LogP contribution in [-0.4, -0.2) is 41.3 Å². The van der Waals surface area contributed by atoms with Crippen LogP contribution in [0.2, 0.25) is 0 Å². The lowest BCUT2D eigenvalue weighted by atomic mass is 10.1. The maximum Gasteiger partial charge on any atom is 0.244 e. The number of benzene rings is 2. The van der Waals surface area contributed by atoms with Gasteiger partial charge < -0.3 is 5.32 Å². The number of sulfone groups is 1. The van der Waals surface area contributed by atoms with Gasteiger partial charge in [0, 0.05) is 6.26 Å². The van der Waals surface area contributed by atoms with Gasteiger partial charge in [-0.15, -0.1) is 0 Å². The molecule has 0 bridgehead atoms. The third-order valence-electron chi connectivity index (χ3n) is 4.51. The van der Waals surface area contributed by atoms with E-state index in [1.54, 1.807) is 56.3 Å². The Kier molecular flexibility index (Phi) is 7.07. The Hall–Kier alpha value is -2.39. The van der Waals surface area contributed by atoms with E-state index in [0.717, 1.165) is 16.8 Å². The molecule has 0 aliphatic heterocycles. The molecule has 2 rings (SSSR count). The highest BCUT2D eigenvalue weighted by molar-refractivity contribution is 7.92. The molecule has 0 saturated heterocycles. The molecule has 2 atom stereocenters. The first-order valence-electron chi connectivity index (χ1n) is 9.10. The molecule has 9 heteroatoms. The lowest BCUT2D eigenvalue weighted by Gasteiger charge is -2.31. The van der Waals surface area contributed by atoms with E-state index in [1.807, 2.05) is 0 Å². The van der Waals surface area contributed by atoms with Gasteiger partial charge >= 0.3 is 0 Å². The number of hydrogen-bond acceptors (Lipinski definition) is 5. The van der Waals surface area contributed by atoms with Crippen molar-refractivity contribution in [3.63, 3.8) is 0 Å². The molecule has 0 aliphatic carbocycles. The van der Waals surface area contributed by atoms with E-state index in [1.165, 1.54) is 12.1 Å². The molecule has 0 saturated carbocycles. The smallest absolute Gasteiger partial charge is 0.244 e. The fourth-order valence-electron chi connectivity index (χ4n) is 3.03. The molecule has 1 amide bonds. The summed E-state index contributed by atoms with van der Waals surface area (Å²) in [5.41, 5.74) is 1.13. The predicted octanol–water partition coefficient (Wildman–Crippen LogP) is 2.51. The number of anilines is 1. The van der Waals surface area contributed by atoms with Crippen molar-refractivity contribution in [2.45, 2.75) is 37.2 Å². The summed E-state index contributed by atoms with van der Waals surface area (Å²) < 4.78 is 49.1.